The second kappa shape index (κ2) is 7.04. The number of carbonyl (C=O) groups excluding carboxylic acids is 2. The minimum Gasteiger partial charge on any atom is -0.468 e. The molecule has 0 saturated heterocycles. The van der Waals surface area contributed by atoms with E-state index in [1.807, 2.05) is 13.8 Å². The summed E-state index contributed by atoms with van der Waals surface area (Å²) in [7, 11) is 0. The van der Waals surface area contributed by atoms with Crippen molar-refractivity contribution in [2.24, 2.45) is 5.92 Å². The van der Waals surface area contributed by atoms with E-state index in [0.29, 0.717) is 36.7 Å². The van der Waals surface area contributed by atoms with Gasteiger partial charge in [-0.15, -0.1) is 0 Å². The van der Waals surface area contributed by atoms with Crippen LogP contribution in [0.3, 0.4) is 0 Å². The van der Waals surface area contributed by atoms with Crippen molar-refractivity contribution >= 4 is 17.6 Å². The molecule has 2 amide bonds. The highest BCUT2D eigenvalue weighted by molar-refractivity contribution is 6.13. The molecule has 7 heteroatoms. The molecule has 0 aliphatic carbocycles. The highest BCUT2D eigenvalue weighted by Gasteiger charge is 2.30. The largest absolute Gasteiger partial charge is 0.468 e. The molecule has 0 unspecified atom stereocenters. The molecular weight excluding hydrogens is 325 g/mol. The first kappa shape index (κ1) is 17.1. The number of nitrogens with zero attached hydrogens (tertiary/aromatic N) is 2. The molecule has 3 heterocycles. The number of hydrogen-bond acceptors (Lipinski definition) is 4. The minimum atomic E-state index is -0.475. The standard InChI is InChI=1S/C18H20FN3O3/c1-11(2)9-22(15-6-5-12(19)8-21-15)18(24)13-10-25-14-4-3-7-20-17(23)16(13)14/h5-6,8,10-11H,3-4,7,9H2,1-2H3,(H,20,23). The van der Waals surface area contributed by atoms with Gasteiger partial charge in [0.25, 0.3) is 11.8 Å². The van der Waals surface area contributed by atoms with Crippen molar-refractivity contribution in [3.8, 4) is 0 Å². The van der Waals surface area contributed by atoms with Crippen molar-refractivity contribution in [3.05, 3.63) is 47.3 Å². The van der Waals surface area contributed by atoms with Gasteiger partial charge in [0.2, 0.25) is 0 Å². The van der Waals surface area contributed by atoms with Gasteiger partial charge >= 0.3 is 0 Å². The first-order valence-electron chi connectivity index (χ1n) is 8.29. The average Bonchev–Trinajstić information content (AvgIpc) is 2.92. The van der Waals surface area contributed by atoms with Crippen LogP contribution in [-0.2, 0) is 6.42 Å². The van der Waals surface area contributed by atoms with Crippen LogP contribution in [-0.4, -0.2) is 29.9 Å². The molecule has 1 N–H and O–H groups in total. The van der Waals surface area contributed by atoms with Crippen LogP contribution >= 0.6 is 0 Å². The van der Waals surface area contributed by atoms with Crippen LogP contribution in [0.2, 0.25) is 0 Å². The molecule has 0 aromatic carbocycles. The van der Waals surface area contributed by atoms with E-state index in [9.17, 15) is 14.0 Å². The fourth-order valence-electron chi connectivity index (χ4n) is 2.85. The molecule has 25 heavy (non-hydrogen) atoms. The normalized spacial score (nSPS) is 14.0. The number of nitrogens with one attached hydrogen (secondary N) is 1. The van der Waals surface area contributed by atoms with E-state index in [1.165, 1.54) is 23.3 Å². The molecule has 0 radical (unpaired) electrons. The fourth-order valence-corrected chi connectivity index (χ4v) is 2.85. The third-order valence-corrected chi connectivity index (χ3v) is 3.97. The van der Waals surface area contributed by atoms with Gasteiger partial charge < -0.3 is 9.73 Å². The van der Waals surface area contributed by atoms with Crippen LogP contribution < -0.4 is 10.2 Å². The molecule has 2 aromatic heterocycles. The maximum atomic E-state index is 13.2. The summed E-state index contributed by atoms with van der Waals surface area (Å²) in [6.07, 6.45) is 3.75. The van der Waals surface area contributed by atoms with Crippen LogP contribution in [0, 0.1) is 11.7 Å². The third-order valence-electron chi connectivity index (χ3n) is 3.97. The van der Waals surface area contributed by atoms with Crippen LogP contribution in [0.15, 0.2) is 29.0 Å². The SMILES string of the molecule is CC(C)CN(C(=O)c1coc2c1C(=O)NCCC2)c1ccc(F)cn1. The predicted octanol–water partition coefficient (Wildman–Crippen LogP) is 2.79. The summed E-state index contributed by atoms with van der Waals surface area (Å²) in [5, 5.41) is 2.77. The molecular formula is C18H20FN3O3. The Morgan fingerprint density at radius 2 is 2.24 bits per heavy atom. The third kappa shape index (κ3) is 3.55. The maximum Gasteiger partial charge on any atom is 0.263 e. The molecule has 2 aromatic rings. The summed E-state index contributed by atoms with van der Waals surface area (Å²) < 4.78 is 18.7. The lowest BCUT2D eigenvalue weighted by Crippen LogP contribution is -2.36. The number of furan rings is 1. The summed E-state index contributed by atoms with van der Waals surface area (Å²) in [4.78, 5) is 30.9. The highest BCUT2D eigenvalue weighted by atomic mass is 19.1. The van der Waals surface area contributed by atoms with Crippen LogP contribution in [0.1, 0.15) is 46.7 Å². The van der Waals surface area contributed by atoms with E-state index in [4.69, 9.17) is 4.42 Å². The molecule has 0 atom stereocenters. The lowest BCUT2D eigenvalue weighted by Gasteiger charge is -2.23. The van der Waals surface area contributed by atoms with Crippen molar-refractivity contribution in [3.63, 3.8) is 0 Å². The zero-order chi connectivity index (χ0) is 18.0. The van der Waals surface area contributed by atoms with E-state index in [0.717, 1.165) is 12.6 Å². The second-order valence-corrected chi connectivity index (χ2v) is 6.45. The van der Waals surface area contributed by atoms with Gasteiger partial charge in [-0.3, -0.25) is 14.5 Å². The van der Waals surface area contributed by atoms with E-state index in [2.05, 4.69) is 10.3 Å². The van der Waals surface area contributed by atoms with Crippen LogP contribution in [0.5, 0.6) is 0 Å². The number of amides is 2. The van der Waals surface area contributed by atoms with Gasteiger partial charge in [0.1, 0.15) is 23.7 Å². The number of halogens is 1. The van der Waals surface area contributed by atoms with E-state index in [-0.39, 0.29) is 23.3 Å². The highest BCUT2D eigenvalue weighted by Crippen LogP contribution is 2.25. The Balaban J connectivity index is 2.00. The lowest BCUT2D eigenvalue weighted by molar-refractivity contribution is 0.0934. The van der Waals surface area contributed by atoms with Gasteiger partial charge in [0.05, 0.1) is 17.3 Å². The topological polar surface area (TPSA) is 75.4 Å². The molecule has 132 valence electrons. The van der Waals surface area contributed by atoms with Gasteiger partial charge in [-0.25, -0.2) is 9.37 Å². The molecule has 0 bridgehead atoms. The van der Waals surface area contributed by atoms with Gasteiger partial charge in [-0.1, -0.05) is 13.8 Å². The smallest absolute Gasteiger partial charge is 0.263 e. The first-order valence-corrected chi connectivity index (χ1v) is 8.29. The Bertz CT molecular complexity index is 783. The Hall–Kier alpha value is -2.70. The number of aryl methyl sites for hydroxylation is 1. The van der Waals surface area contributed by atoms with Crippen molar-refractivity contribution in [2.75, 3.05) is 18.0 Å². The fraction of sp³-hybridized carbons (Fsp3) is 0.389. The summed E-state index contributed by atoms with van der Waals surface area (Å²) in [6, 6.07) is 2.71. The second-order valence-electron chi connectivity index (χ2n) is 6.45. The number of pyridine rings is 1. The molecule has 0 fully saturated rings. The van der Waals surface area contributed by atoms with Crippen molar-refractivity contribution in [1.82, 2.24) is 10.3 Å². The maximum absolute atomic E-state index is 13.2. The monoisotopic (exact) mass is 345 g/mol. The minimum absolute atomic E-state index is 0.162. The van der Waals surface area contributed by atoms with Gasteiger partial charge in [-0.2, -0.15) is 0 Å². The first-order chi connectivity index (χ1) is 12.0. The van der Waals surface area contributed by atoms with Crippen LogP contribution in [0.25, 0.3) is 0 Å². The Kier molecular flexibility index (Phi) is 4.83. The molecule has 0 saturated carbocycles. The van der Waals surface area contributed by atoms with Crippen molar-refractivity contribution in [1.29, 1.82) is 0 Å². The summed E-state index contributed by atoms with van der Waals surface area (Å²) in [6.45, 7) is 4.86. The van der Waals surface area contributed by atoms with E-state index in [1.54, 1.807) is 0 Å². The average molecular weight is 345 g/mol. The summed E-state index contributed by atoms with van der Waals surface area (Å²) in [5.41, 5.74) is 0.500. The Morgan fingerprint density at radius 3 is 2.92 bits per heavy atom. The number of carbonyl (C=O) groups is 2. The van der Waals surface area contributed by atoms with Gasteiger partial charge in [-0.05, 0) is 24.5 Å². The van der Waals surface area contributed by atoms with E-state index < -0.39 is 5.82 Å². The van der Waals surface area contributed by atoms with Crippen LogP contribution in [0.4, 0.5) is 10.2 Å². The molecule has 3 rings (SSSR count). The molecule has 0 spiro atoms. The van der Waals surface area contributed by atoms with Crippen molar-refractivity contribution < 1.29 is 18.4 Å². The predicted molar refractivity (Wildman–Crippen MR) is 90.1 cm³/mol. The quantitative estimate of drug-likeness (QED) is 0.924. The zero-order valence-corrected chi connectivity index (χ0v) is 14.2. The van der Waals surface area contributed by atoms with Crippen molar-refractivity contribution in [2.45, 2.75) is 26.7 Å². The molecule has 1 aliphatic rings. The van der Waals surface area contributed by atoms with E-state index >= 15 is 0 Å². The number of hydrogen-bond donors (Lipinski definition) is 1. The summed E-state index contributed by atoms with van der Waals surface area (Å²) in [5.74, 6) is -0.137. The molecule has 1 aliphatic heterocycles. The number of rotatable bonds is 4. The molecule has 6 nitrogen and oxygen atoms in total. The summed E-state index contributed by atoms with van der Waals surface area (Å²) >= 11 is 0. The number of anilines is 1. The van der Waals surface area contributed by atoms with Gasteiger partial charge in [0, 0.05) is 19.5 Å². The Labute approximate surface area is 145 Å². The zero-order valence-electron chi connectivity index (χ0n) is 14.2. The number of fused-ring (bicyclic) bond motifs is 1. The Morgan fingerprint density at radius 1 is 1.44 bits per heavy atom. The lowest BCUT2D eigenvalue weighted by atomic mass is 10.1. The number of aromatic nitrogens is 1. The van der Waals surface area contributed by atoms with Gasteiger partial charge in [0.15, 0.2) is 0 Å².